The van der Waals surface area contributed by atoms with Crippen LogP contribution in [0.1, 0.15) is 13.8 Å². The van der Waals surface area contributed by atoms with E-state index in [1.54, 1.807) is 0 Å². The summed E-state index contributed by atoms with van der Waals surface area (Å²) in [6, 6.07) is -0.473. The molecule has 4 N–H and O–H groups in total. The molecule has 6 heteroatoms. The Hall–Kier alpha value is -1.30. The second kappa shape index (κ2) is 6.20. The number of carbonyl (C=O) groups is 2. The molecule has 6 nitrogen and oxygen atoms in total. The average Bonchev–Trinajstić information content (AvgIpc) is 2.10. The van der Waals surface area contributed by atoms with Crippen molar-refractivity contribution in [2.75, 3.05) is 13.1 Å². The van der Waals surface area contributed by atoms with Crippen molar-refractivity contribution < 1.29 is 19.8 Å². The van der Waals surface area contributed by atoms with Crippen molar-refractivity contribution in [2.45, 2.75) is 20.0 Å². The Balaban J connectivity index is 3.59. The largest absolute Gasteiger partial charge is 0.479 e. The van der Waals surface area contributed by atoms with E-state index >= 15 is 0 Å². The molecule has 0 aliphatic carbocycles. The van der Waals surface area contributed by atoms with E-state index in [0.29, 0.717) is 12.5 Å². The first-order valence-corrected chi connectivity index (χ1v) is 4.36. The van der Waals surface area contributed by atoms with Crippen LogP contribution in [0, 0.1) is 5.92 Å². The highest BCUT2D eigenvalue weighted by molar-refractivity contribution is 5.76. The van der Waals surface area contributed by atoms with E-state index in [-0.39, 0.29) is 6.54 Å². The van der Waals surface area contributed by atoms with Gasteiger partial charge in [-0.3, -0.25) is 0 Å². The van der Waals surface area contributed by atoms with Crippen molar-refractivity contribution in [3.8, 4) is 0 Å². The van der Waals surface area contributed by atoms with E-state index in [9.17, 15) is 9.59 Å². The third-order valence-corrected chi connectivity index (χ3v) is 1.41. The molecule has 14 heavy (non-hydrogen) atoms. The van der Waals surface area contributed by atoms with Gasteiger partial charge >= 0.3 is 12.0 Å². The van der Waals surface area contributed by atoms with Crippen LogP contribution in [0.2, 0.25) is 0 Å². The summed E-state index contributed by atoms with van der Waals surface area (Å²) < 4.78 is 0. The second-order valence-electron chi connectivity index (χ2n) is 3.34. The predicted octanol–water partition coefficient (Wildman–Crippen LogP) is -0.613. The Morgan fingerprint density at radius 3 is 2.14 bits per heavy atom. The number of rotatable bonds is 5. The molecule has 1 unspecified atom stereocenters. The molecule has 0 radical (unpaired) electrons. The van der Waals surface area contributed by atoms with Crippen LogP contribution in [0.15, 0.2) is 0 Å². The Bertz CT molecular complexity index is 206. The first-order chi connectivity index (χ1) is 6.43. The molecule has 0 rings (SSSR count). The molecule has 0 aromatic rings. The maximum atomic E-state index is 10.9. The highest BCUT2D eigenvalue weighted by Crippen LogP contribution is 1.86. The van der Waals surface area contributed by atoms with Gasteiger partial charge in [-0.25, -0.2) is 9.59 Å². The molecule has 0 aromatic heterocycles. The summed E-state index contributed by atoms with van der Waals surface area (Å²) in [5.74, 6) is -1.03. The lowest BCUT2D eigenvalue weighted by Crippen LogP contribution is -2.43. The highest BCUT2D eigenvalue weighted by Gasteiger charge is 2.13. The first kappa shape index (κ1) is 12.7. The minimum Gasteiger partial charge on any atom is -0.479 e. The molecular formula is C8H16N2O4. The lowest BCUT2D eigenvalue weighted by molar-refractivity contribution is -0.146. The normalized spacial score (nSPS) is 12.3. The molecule has 0 aromatic carbocycles. The number of aliphatic carboxylic acids is 1. The zero-order valence-electron chi connectivity index (χ0n) is 8.28. The lowest BCUT2D eigenvalue weighted by atomic mass is 10.2. The van der Waals surface area contributed by atoms with E-state index in [1.165, 1.54) is 0 Å². The van der Waals surface area contributed by atoms with Crippen LogP contribution in [0.25, 0.3) is 0 Å². The molecule has 0 saturated carbocycles. The van der Waals surface area contributed by atoms with Crippen molar-refractivity contribution >= 4 is 12.0 Å². The van der Waals surface area contributed by atoms with Gasteiger partial charge in [-0.2, -0.15) is 0 Å². The Morgan fingerprint density at radius 2 is 1.71 bits per heavy atom. The molecule has 0 fully saturated rings. The van der Waals surface area contributed by atoms with Crippen LogP contribution >= 0.6 is 0 Å². The maximum Gasteiger partial charge on any atom is 0.334 e. The molecule has 0 aliphatic rings. The van der Waals surface area contributed by atoms with Gasteiger partial charge in [0.05, 0.1) is 6.54 Å². The summed E-state index contributed by atoms with van der Waals surface area (Å²) in [5.41, 5.74) is 0. The summed E-state index contributed by atoms with van der Waals surface area (Å²) in [7, 11) is 0. The fraction of sp³-hybridized carbons (Fsp3) is 0.750. The minimum atomic E-state index is -1.56. The van der Waals surface area contributed by atoms with Gasteiger partial charge in [0, 0.05) is 6.54 Å². The van der Waals surface area contributed by atoms with E-state index in [0.717, 1.165) is 0 Å². The van der Waals surface area contributed by atoms with Gasteiger partial charge in [0.2, 0.25) is 0 Å². The number of aliphatic hydroxyl groups excluding tert-OH is 1. The summed E-state index contributed by atoms with van der Waals surface area (Å²) in [6.45, 7) is 4.09. The topological polar surface area (TPSA) is 98.7 Å². The Labute approximate surface area is 82.3 Å². The van der Waals surface area contributed by atoms with Gasteiger partial charge in [-0.05, 0) is 5.92 Å². The zero-order valence-corrected chi connectivity index (χ0v) is 8.28. The lowest BCUT2D eigenvalue weighted by Gasteiger charge is -2.10. The van der Waals surface area contributed by atoms with Crippen LogP contribution in [-0.4, -0.2) is 41.4 Å². The van der Waals surface area contributed by atoms with Gasteiger partial charge in [0.1, 0.15) is 0 Å². The molecule has 82 valence electrons. The number of hydrogen-bond donors (Lipinski definition) is 4. The number of carboxylic acids is 1. The predicted molar refractivity (Wildman–Crippen MR) is 49.9 cm³/mol. The number of aliphatic hydroxyl groups is 1. The number of nitrogens with one attached hydrogen (secondary N) is 2. The number of hydrogen-bond acceptors (Lipinski definition) is 3. The fourth-order valence-corrected chi connectivity index (χ4v) is 0.636. The number of carbonyl (C=O) groups excluding carboxylic acids is 1. The molecule has 0 spiro atoms. The SMILES string of the molecule is CC(C)CNC(=O)NCC(O)C(=O)O. The number of amides is 2. The highest BCUT2D eigenvalue weighted by atomic mass is 16.4. The molecule has 0 aliphatic heterocycles. The number of urea groups is 1. The van der Waals surface area contributed by atoms with Crippen molar-refractivity contribution in [1.82, 2.24) is 10.6 Å². The molecule has 0 bridgehead atoms. The monoisotopic (exact) mass is 204 g/mol. The van der Waals surface area contributed by atoms with Crippen LogP contribution < -0.4 is 10.6 Å². The molecule has 0 saturated heterocycles. The Kier molecular flexibility index (Phi) is 5.62. The van der Waals surface area contributed by atoms with E-state index in [2.05, 4.69) is 10.6 Å². The van der Waals surface area contributed by atoms with Gasteiger partial charge in [-0.15, -0.1) is 0 Å². The molecular weight excluding hydrogens is 188 g/mol. The van der Waals surface area contributed by atoms with Gasteiger partial charge in [-0.1, -0.05) is 13.8 Å². The quantitative estimate of drug-likeness (QED) is 0.480. The summed E-state index contributed by atoms with van der Waals surface area (Å²) in [5, 5.41) is 21.9. The minimum absolute atomic E-state index is 0.292. The Morgan fingerprint density at radius 1 is 1.21 bits per heavy atom. The van der Waals surface area contributed by atoms with E-state index < -0.39 is 18.1 Å². The molecule has 0 heterocycles. The smallest absolute Gasteiger partial charge is 0.334 e. The van der Waals surface area contributed by atoms with Crippen LogP contribution in [-0.2, 0) is 4.79 Å². The van der Waals surface area contributed by atoms with Crippen molar-refractivity contribution in [3.05, 3.63) is 0 Å². The van der Waals surface area contributed by atoms with Crippen LogP contribution in [0.4, 0.5) is 4.79 Å². The summed E-state index contributed by atoms with van der Waals surface area (Å²) >= 11 is 0. The van der Waals surface area contributed by atoms with Gasteiger partial charge in [0.15, 0.2) is 6.10 Å². The third kappa shape index (κ3) is 6.24. The standard InChI is InChI=1S/C8H16N2O4/c1-5(2)3-9-8(14)10-4-6(11)7(12)13/h5-6,11H,3-4H2,1-2H3,(H,12,13)(H2,9,10,14). The van der Waals surface area contributed by atoms with E-state index in [4.69, 9.17) is 10.2 Å². The van der Waals surface area contributed by atoms with Gasteiger partial charge in [0.25, 0.3) is 0 Å². The fourth-order valence-electron chi connectivity index (χ4n) is 0.636. The van der Waals surface area contributed by atoms with E-state index in [1.807, 2.05) is 13.8 Å². The summed E-state index contributed by atoms with van der Waals surface area (Å²) in [6.07, 6.45) is -1.56. The first-order valence-electron chi connectivity index (χ1n) is 4.36. The van der Waals surface area contributed by atoms with Gasteiger partial charge < -0.3 is 20.8 Å². The molecule has 1 atom stereocenters. The summed E-state index contributed by atoms with van der Waals surface area (Å²) in [4.78, 5) is 21.1. The van der Waals surface area contributed by atoms with Crippen molar-refractivity contribution in [2.24, 2.45) is 5.92 Å². The van der Waals surface area contributed by atoms with Crippen LogP contribution in [0.3, 0.4) is 0 Å². The average molecular weight is 204 g/mol. The zero-order chi connectivity index (χ0) is 11.1. The number of carboxylic acid groups (broad SMARTS) is 1. The van der Waals surface area contributed by atoms with Crippen molar-refractivity contribution in [1.29, 1.82) is 0 Å². The maximum absolute atomic E-state index is 10.9. The second-order valence-corrected chi connectivity index (χ2v) is 3.34. The third-order valence-electron chi connectivity index (χ3n) is 1.41. The van der Waals surface area contributed by atoms with Crippen molar-refractivity contribution in [3.63, 3.8) is 0 Å². The van der Waals surface area contributed by atoms with Crippen LogP contribution in [0.5, 0.6) is 0 Å². The molecule has 2 amide bonds.